The second-order valence-electron chi connectivity index (χ2n) is 7.64. The van der Waals surface area contributed by atoms with Gasteiger partial charge in [0.1, 0.15) is 5.75 Å². The molecule has 32 heavy (non-hydrogen) atoms. The van der Waals surface area contributed by atoms with Crippen LogP contribution in [0, 0.1) is 6.92 Å². The zero-order valence-corrected chi connectivity index (χ0v) is 17.6. The number of hydrogen-bond acceptors (Lipinski definition) is 5. The van der Waals surface area contributed by atoms with Gasteiger partial charge in [0.05, 0.1) is 11.2 Å². The van der Waals surface area contributed by atoms with Crippen LogP contribution in [0.3, 0.4) is 0 Å². The van der Waals surface area contributed by atoms with Gasteiger partial charge < -0.3 is 19.5 Å². The summed E-state index contributed by atoms with van der Waals surface area (Å²) in [5, 5.41) is 3.75. The van der Waals surface area contributed by atoms with Gasteiger partial charge in [0.25, 0.3) is 5.91 Å². The van der Waals surface area contributed by atoms with Crippen LogP contribution in [0.15, 0.2) is 72.8 Å². The lowest BCUT2D eigenvalue weighted by Crippen LogP contribution is -2.28. The van der Waals surface area contributed by atoms with Crippen LogP contribution in [-0.2, 0) is 11.3 Å². The van der Waals surface area contributed by atoms with E-state index >= 15 is 0 Å². The summed E-state index contributed by atoms with van der Waals surface area (Å²) in [6.45, 7) is 2.56. The lowest BCUT2D eigenvalue weighted by molar-refractivity contribution is -0.123. The van der Waals surface area contributed by atoms with Crippen molar-refractivity contribution in [3.63, 3.8) is 0 Å². The van der Waals surface area contributed by atoms with Crippen LogP contribution < -0.4 is 19.5 Å². The maximum atomic E-state index is 12.4. The summed E-state index contributed by atoms with van der Waals surface area (Å²) in [5.74, 6) is 1.84. The molecule has 0 saturated carbocycles. The smallest absolute Gasteiger partial charge is 0.258 e. The van der Waals surface area contributed by atoms with E-state index in [9.17, 15) is 4.79 Å². The highest BCUT2D eigenvalue weighted by atomic mass is 16.7. The normalized spacial score (nSPS) is 12.0. The monoisotopic (exact) mass is 426 g/mol. The number of pyridine rings is 1. The Hall–Kier alpha value is -4.06. The second-order valence-corrected chi connectivity index (χ2v) is 7.64. The van der Waals surface area contributed by atoms with Crippen molar-refractivity contribution in [3.05, 3.63) is 83.9 Å². The Morgan fingerprint density at radius 1 is 1.00 bits per heavy atom. The molecular weight excluding hydrogens is 404 g/mol. The van der Waals surface area contributed by atoms with Gasteiger partial charge in [-0.1, -0.05) is 48.0 Å². The number of aromatic nitrogens is 1. The van der Waals surface area contributed by atoms with Crippen LogP contribution in [0.5, 0.6) is 17.2 Å². The predicted molar refractivity (Wildman–Crippen MR) is 122 cm³/mol. The minimum Gasteiger partial charge on any atom is -0.483 e. The van der Waals surface area contributed by atoms with Gasteiger partial charge in [-0.2, -0.15) is 0 Å². The number of carbonyl (C=O) groups excluding carboxylic acids is 1. The zero-order chi connectivity index (χ0) is 21.9. The van der Waals surface area contributed by atoms with E-state index in [1.165, 1.54) is 5.56 Å². The van der Waals surface area contributed by atoms with Gasteiger partial charge in [-0.05, 0) is 36.8 Å². The number of nitrogens with one attached hydrogen (secondary N) is 1. The predicted octanol–water partition coefficient (Wildman–Crippen LogP) is 4.63. The number of nitrogens with zero attached hydrogens (tertiary/aromatic N) is 1. The second kappa shape index (κ2) is 8.59. The van der Waals surface area contributed by atoms with Gasteiger partial charge in [-0.3, -0.25) is 4.79 Å². The molecule has 1 N–H and O–H groups in total. The van der Waals surface area contributed by atoms with Gasteiger partial charge in [-0.15, -0.1) is 0 Å². The van der Waals surface area contributed by atoms with Crippen LogP contribution in [0.2, 0.25) is 0 Å². The quantitative estimate of drug-likeness (QED) is 0.487. The van der Waals surface area contributed by atoms with E-state index in [1.54, 1.807) is 0 Å². The fourth-order valence-electron chi connectivity index (χ4n) is 3.58. The highest BCUT2D eigenvalue weighted by molar-refractivity contribution is 5.88. The molecule has 6 heteroatoms. The summed E-state index contributed by atoms with van der Waals surface area (Å²) in [4.78, 5) is 17.2. The Labute approximate surface area is 185 Å². The molecule has 1 aliphatic rings. The van der Waals surface area contributed by atoms with Crippen molar-refractivity contribution in [2.24, 2.45) is 0 Å². The molecule has 1 amide bonds. The Morgan fingerprint density at radius 2 is 1.81 bits per heavy atom. The third-order valence-corrected chi connectivity index (χ3v) is 5.31. The van der Waals surface area contributed by atoms with Crippen LogP contribution in [0.4, 0.5) is 0 Å². The third-order valence-electron chi connectivity index (χ3n) is 5.31. The molecule has 0 aliphatic carbocycles. The zero-order valence-electron chi connectivity index (χ0n) is 17.6. The molecule has 6 nitrogen and oxygen atoms in total. The lowest BCUT2D eigenvalue weighted by Gasteiger charge is -2.12. The van der Waals surface area contributed by atoms with Crippen LogP contribution in [0.25, 0.3) is 22.2 Å². The first-order valence-electron chi connectivity index (χ1n) is 10.4. The standard InChI is InChI=1S/C26H22N2O4/c1-17-6-9-19(10-7-17)22-13-24(20-4-2-3-5-21(20)28-22)30-15-26(29)27-14-18-8-11-23-25(12-18)32-16-31-23/h2-13H,14-16H2,1H3,(H,27,29). The Morgan fingerprint density at radius 3 is 2.69 bits per heavy atom. The largest absolute Gasteiger partial charge is 0.483 e. The van der Waals surface area contributed by atoms with Gasteiger partial charge in [-0.25, -0.2) is 4.98 Å². The van der Waals surface area contributed by atoms with Crippen molar-refractivity contribution in [1.29, 1.82) is 0 Å². The molecule has 0 spiro atoms. The van der Waals surface area contributed by atoms with Crippen LogP contribution in [0.1, 0.15) is 11.1 Å². The molecule has 0 atom stereocenters. The maximum absolute atomic E-state index is 12.4. The molecule has 0 radical (unpaired) electrons. The molecule has 160 valence electrons. The summed E-state index contributed by atoms with van der Waals surface area (Å²) < 4.78 is 16.6. The lowest BCUT2D eigenvalue weighted by atomic mass is 10.1. The summed E-state index contributed by atoms with van der Waals surface area (Å²) in [6.07, 6.45) is 0. The first-order chi connectivity index (χ1) is 15.7. The van der Waals surface area contributed by atoms with E-state index in [0.717, 1.165) is 33.5 Å². The van der Waals surface area contributed by atoms with E-state index in [2.05, 4.69) is 17.4 Å². The van der Waals surface area contributed by atoms with Crippen molar-refractivity contribution in [2.45, 2.75) is 13.5 Å². The topological polar surface area (TPSA) is 69.7 Å². The van der Waals surface area contributed by atoms with Crippen molar-refractivity contribution in [1.82, 2.24) is 10.3 Å². The molecule has 0 saturated heterocycles. The van der Waals surface area contributed by atoms with E-state index < -0.39 is 0 Å². The summed E-state index contributed by atoms with van der Waals surface area (Å²) in [5.41, 5.74) is 4.74. The average Bonchev–Trinajstić information content (AvgIpc) is 3.29. The van der Waals surface area contributed by atoms with Gasteiger partial charge in [0, 0.05) is 23.6 Å². The Bertz CT molecular complexity index is 1290. The number of ether oxygens (including phenoxy) is 3. The van der Waals surface area contributed by atoms with Crippen LogP contribution in [-0.4, -0.2) is 24.3 Å². The number of para-hydroxylation sites is 1. The van der Waals surface area contributed by atoms with Gasteiger partial charge in [0.2, 0.25) is 6.79 Å². The van der Waals surface area contributed by atoms with E-state index in [0.29, 0.717) is 18.0 Å². The highest BCUT2D eigenvalue weighted by Gasteiger charge is 2.14. The number of carbonyl (C=O) groups is 1. The highest BCUT2D eigenvalue weighted by Crippen LogP contribution is 2.32. The van der Waals surface area contributed by atoms with Gasteiger partial charge in [0.15, 0.2) is 18.1 Å². The molecule has 0 fully saturated rings. The molecule has 0 unspecified atom stereocenters. The Kier molecular flexibility index (Phi) is 5.34. The molecule has 2 heterocycles. The SMILES string of the molecule is Cc1ccc(-c2cc(OCC(=O)NCc3ccc4c(c3)OCO4)c3ccccc3n2)cc1. The minimum atomic E-state index is -0.208. The molecule has 3 aromatic carbocycles. The number of benzene rings is 3. The minimum absolute atomic E-state index is 0.0914. The number of amides is 1. The first kappa shape index (κ1) is 19.9. The fraction of sp³-hybridized carbons (Fsp3) is 0.154. The molecule has 0 bridgehead atoms. The molecule has 5 rings (SSSR count). The van der Waals surface area contributed by atoms with E-state index in [1.807, 2.05) is 67.6 Å². The van der Waals surface area contributed by atoms with Crippen molar-refractivity contribution in [2.75, 3.05) is 13.4 Å². The molecule has 1 aromatic heterocycles. The van der Waals surface area contributed by atoms with Crippen molar-refractivity contribution >= 4 is 16.8 Å². The first-order valence-corrected chi connectivity index (χ1v) is 10.4. The summed E-state index contributed by atoms with van der Waals surface area (Å²) in [6, 6.07) is 23.4. The van der Waals surface area contributed by atoms with Crippen molar-refractivity contribution in [3.8, 4) is 28.5 Å². The van der Waals surface area contributed by atoms with E-state index in [-0.39, 0.29) is 19.3 Å². The third kappa shape index (κ3) is 4.21. The van der Waals surface area contributed by atoms with Crippen molar-refractivity contribution < 1.29 is 19.0 Å². The number of fused-ring (bicyclic) bond motifs is 2. The summed E-state index contributed by atoms with van der Waals surface area (Å²) in [7, 11) is 0. The number of aryl methyl sites for hydroxylation is 1. The Balaban J connectivity index is 1.30. The molecule has 1 aliphatic heterocycles. The van der Waals surface area contributed by atoms with Crippen LogP contribution >= 0.6 is 0 Å². The molecular formula is C26H22N2O4. The van der Waals surface area contributed by atoms with E-state index in [4.69, 9.17) is 19.2 Å². The fourth-order valence-corrected chi connectivity index (χ4v) is 3.58. The molecule has 4 aromatic rings. The number of rotatable bonds is 6. The average molecular weight is 426 g/mol. The summed E-state index contributed by atoms with van der Waals surface area (Å²) >= 11 is 0. The number of hydrogen-bond donors (Lipinski definition) is 1. The maximum Gasteiger partial charge on any atom is 0.258 e. The van der Waals surface area contributed by atoms with Gasteiger partial charge >= 0.3 is 0 Å².